The van der Waals surface area contributed by atoms with Crippen LogP contribution in [-0.4, -0.2) is 19.1 Å². The number of fused-ring (bicyclic) bond motifs is 1. The summed E-state index contributed by atoms with van der Waals surface area (Å²) in [7, 11) is 0. The van der Waals surface area contributed by atoms with Gasteiger partial charge >= 0.3 is 0 Å². The van der Waals surface area contributed by atoms with E-state index in [0.29, 0.717) is 29.5 Å². The molecule has 1 heterocycles. The van der Waals surface area contributed by atoms with Crippen LogP contribution in [0.15, 0.2) is 46.9 Å². The molecule has 0 radical (unpaired) electrons. The van der Waals surface area contributed by atoms with Crippen molar-refractivity contribution >= 4 is 28.5 Å². The van der Waals surface area contributed by atoms with Crippen LogP contribution in [0.1, 0.15) is 28.6 Å². The highest BCUT2D eigenvalue weighted by Crippen LogP contribution is 2.28. The fourth-order valence-corrected chi connectivity index (χ4v) is 2.85. The number of furan rings is 1. The summed E-state index contributed by atoms with van der Waals surface area (Å²) in [4.78, 5) is 12.4. The van der Waals surface area contributed by atoms with E-state index in [2.05, 4.69) is 5.32 Å². The van der Waals surface area contributed by atoms with Gasteiger partial charge in [-0.25, -0.2) is 0 Å². The summed E-state index contributed by atoms with van der Waals surface area (Å²) >= 11 is 5.87. The molecule has 0 bridgehead atoms. The zero-order chi connectivity index (χ0) is 17.8. The van der Waals surface area contributed by atoms with Crippen molar-refractivity contribution in [1.29, 1.82) is 0 Å². The lowest BCUT2D eigenvalue weighted by atomic mass is 10.1. The summed E-state index contributed by atoms with van der Waals surface area (Å²) in [5.41, 5.74) is 2.62. The maximum Gasteiger partial charge on any atom is 0.287 e. The fraction of sp³-hybridized carbons (Fsp3) is 0.250. The largest absolute Gasteiger partial charge is 0.494 e. The minimum Gasteiger partial charge on any atom is -0.494 e. The molecule has 0 aliphatic heterocycles. The van der Waals surface area contributed by atoms with E-state index in [-0.39, 0.29) is 5.91 Å². The van der Waals surface area contributed by atoms with E-state index in [4.69, 9.17) is 20.8 Å². The van der Waals surface area contributed by atoms with Gasteiger partial charge in [0.2, 0.25) is 0 Å². The second-order valence-electron chi connectivity index (χ2n) is 5.78. The van der Waals surface area contributed by atoms with Crippen molar-refractivity contribution in [2.45, 2.75) is 20.3 Å². The first-order valence-corrected chi connectivity index (χ1v) is 8.65. The molecule has 1 N–H and O–H groups in total. The summed E-state index contributed by atoms with van der Waals surface area (Å²) in [5.74, 6) is 0.911. The number of aryl methyl sites for hydroxylation is 1. The monoisotopic (exact) mass is 357 g/mol. The second kappa shape index (κ2) is 7.62. The van der Waals surface area contributed by atoms with Gasteiger partial charge in [0.15, 0.2) is 5.76 Å². The standard InChI is InChI=1S/C20H20ClNO3/c1-3-24-16-8-9-18-17(12-16)13(2)19(25-18)20(23)22-11-10-14-4-6-15(21)7-5-14/h4-9,12H,3,10-11H2,1-2H3,(H,22,23). The van der Waals surface area contributed by atoms with Crippen LogP contribution in [0.4, 0.5) is 0 Å². The van der Waals surface area contributed by atoms with E-state index >= 15 is 0 Å². The van der Waals surface area contributed by atoms with Crippen LogP contribution in [0, 0.1) is 6.92 Å². The van der Waals surface area contributed by atoms with Crippen molar-refractivity contribution in [3.05, 3.63) is 64.4 Å². The number of hydrogen-bond acceptors (Lipinski definition) is 3. The number of hydrogen-bond donors (Lipinski definition) is 1. The molecule has 25 heavy (non-hydrogen) atoms. The van der Waals surface area contributed by atoms with Crippen LogP contribution in [0.3, 0.4) is 0 Å². The first kappa shape index (κ1) is 17.4. The SMILES string of the molecule is CCOc1ccc2oc(C(=O)NCCc3ccc(Cl)cc3)c(C)c2c1. The van der Waals surface area contributed by atoms with Crippen LogP contribution in [0.25, 0.3) is 11.0 Å². The highest BCUT2D eigenvalue weighted by molar-refractivity contribution is 6.30. The van der Waals surface area contributed by atoms with Crippen LogP contribution in [0.2, 0.25) is 5.02 Å². The molecule has 0 saturated carbocycles. The van der Waals surface area contributed by atoms with Crippen molar-refractivity contribution in [3.8, 4) is 5.75 Å². The first-order chi connectivity index (χ1) is 12.1. The highest BCUT2D eigenvalue weighted by atomic mass is 35.5. The number of nitrogens with one attached hydrogen (secondary N) is 1. The lowest BCUT2D eigenvalue weighted by Crippen LogP contribution is -2.25. The molecule has 0 atom stereocenters. The lowest BCUT2D eigenvalue weighted by Gasteiger charge is -2.04. The molecular weight excluding hydrogens is 338 g/mol. The number of amides is 1. The molecule has 3 rings (SSSR count). The Labute approximate surface area is 151 Å². The van der Waals surface area contributed by atoms with Gasteiger partial charge in [0.1, 0.15) is 11.3 Å². The van der Waals surface area contributed by atoms with Crippen molar-refractivity contribution in [1.82, 2.24) is 5.32 Å². The van der Waals surface area contributed by atoms with Gasteiger partial charge in [-0.3, -0.25) is 4.79 Å². The Kier molecular flexibility index (Phi) is 5.29. The maximum absolute atomic E-state index is 12.4. The van der Waals surface area contributed by atoms with E-state index in [0.717, 1.165) is 28.7 Å². The molecule has 0 fully saturated rings. The summed E-state index contributed by atoms with van der Waals surface area (Å²) in [6.45, 7) is 4.95. The molecule has 0 aliphatic rings. The molecule has 4 nitrogen and oxygen atoms in total. The molecule has 0 spiro atoms. The van der Waals surface area contributed by atoms with Gasteiger partial charge in [0.25, 0.3) is 5.91 Å². The quantitative estimate of drug-likeness (QED) is 0.691. The molecule has 2 aromatic carbocycles. The van der Waals surface area contributed by atoms with Gasteiger partial charge in [-0.15, -0.1) is 0 Å². The van der Waals surface area contributed by atoms with Gasteiger partial charge in [0, 0.05) is 22.5 Å². The Morgan fingerprint density at radius 1 is 1.20 bits per heavy atom. The minimum atomic E-state index is -0.208. The molecular formula is C20H20ClNO3. The van der Waals surface area contributed by atoms with Crippen LogP contribution >= 0.6 is 11.6 Å². The van der Waals surface area contributed by atoms with Gasteiger partial charge in [0.05, 0.1) is 6.61 Å². The molecule has 3 aromatic rings. The normalized spacial score (nSPS) is 10.8. The van der Waals surface area contributed by atoms with Crippen molar-refractivity contribution in [2.24, 2.45) is 0 Å². The number of rotatable bonds is 6. The topological polar surface area (TPSA) is 51.5 Å². The third-order valence-corrected chi connectivity index (χ3v) is 4.29. The lowest BCUT2D eigenvalue weighted by molar-refractivity contribution is 0.0928. The molecule has 1 aromatic heterocycles. The number of halogens is 1. The third kappa shape index (κ3) is 3.97. The molecule has 1 amide bonds. The van der Waals surface area contributed by atoms with Gasteiger partial charge in [-0.05, 0) is 56.2 Å². The van der Waals surface area contributed by atoms with Crippen LogP contribution in [0.5, 0.6) is 5.75 Å². The summed E-state index contributed by atoms with van der Waals surface area (Å²) in [6, 6.07) is 13.2. The molecule has 130 valence electrons. The average molecular weight is 358 g/mol. The molecule has 0 unspecified atom stereocenters. The summed E-state index contributed by atoms with van der Waals surface area (Å²) in [5, 5.41) is 4.51. The van der Waals surface area contributed by atoms with Crippen molar-refractivity contribution in [3.63, 3.8) is 0 Å². The third-order valence-electron chi connectivity index (χ3n) is 4.04. The minimum absolute atomic E-state index is 0.208. The first-order valence-electron chi connectivity index (χ1n) is 8.27. The average Bonchev–Trinajstić information content (AvgIpc) is 2.94. The zero-order valence-corrected chi connectivity index (χ0v) is 15.0. The Balaban J connectivity index is 1.69. The number of carbonyl (C=O) groups is 1. The number of ether oxygens (including phenoxy) is 1. The van der Waals surface area contributed by atoms with Gasteiger partial charge in [-0.1, -0.05) is 23.7 Å². The van der Waals surface area contributed by atoms with E-state index in [1.54, 1.807) is 0 Å². The molecule has 5 heteroatoms. The van der Waals surface area contributed by atoms with Crippen molar-refractivity contribution < 1.29 is 13.9 Å². The van der Waals surface area contributed by atoms with Crippen molar-refractivity contribution in [2.75, 3.05) is 13.2 Å². The van der Waals surface area contributed by atoms with Gasteiger partial charge < -0.3 is 14.5 Å². The highest BCUT2D eigenvalue weighted by Gasteiger charge is 2.17. The van der Waals surface area contributed by atoms with E-state index in [1.807, 2.05) is 56.3 Å². The molecule has 0 aliphatic carbocycles. The predicted octanol–water partition coefficient (Wildman–Crippen LogP) is 4.77. The smallest absolute Gasteiger partial charge is 0.287 e. The van der Waals surface area contributed by atoms with E-state index < -0.39 is 0 Å². The maximum atomic E-state index is 12.4. The zero-order valence-electron chi connectivity index (χ0n) is 14.3. The Hall–Kier alpha value is -2.46. The second-order valence-corrected chi connectivity index (χ2v) is 6.22. The predicted molar refractivity (Wildman–Crippen MR) is 99.6 cm³/mol. The van der Waals surface area contributed by atoms with Crippen LogP contribution < -0.4 is 10.1 Å². The van der Waals surface area contributed by atoms with Gasteiger partial charge in [-0.2, -0.15) is 0 Å². The summed E-state index contributed by atoms with van der Waals surface area (Å²) in [6.07, 6.45) is 0.733. The van der Waals surface area contributed by atoms with E-state index in [9.17, 15) is 4.79 Å². The van der Waals surface area contributed by atoms with Crippen LogP contribution in [-0.2, 0) is 6.42 Å². The van der Waals surface area contributed by atoms with E-state index in [1.165, 1.54) is 0 Å². The Morgan fingerprint density at radius 2 is 1.96 bits per heavy atom. The fourth-order valence-electron chi connectivity index (χ4n) is 2.72. The number of carbonyl (C=O) groups excluding carboxylic acids is 1. The Bertz CT molecular complexity index is 884. The number of benzene rings is 2. The Morgan fingerprint density at radius 3 is 2.68 bits per heavy atom. The molecule has 0 saturated heterocycles. The summed E-state index contributed by atoms with van der Waals surface area (Å²) < 4.78 is 11.2.